The maximum Gasteiger partial charge on any atom is 0.335 e. The minimum absolute atomic E-state index is 0.108. The van der Waals surface area contributed by atoms with E-state index in [0.717, 1.165) is 5.69 Å². The van der Waals surface area contributed by atoms with Gasteiger partial charge in [-0.05, 0) is 47.9 Å². The Morgan fingerprint density at radius 2 is 1.81 bits per heavy atom. The number of anilines is 1. The molecule has 136 valence electrons. The summed E-state index contributed by atoms with van der Waals surface area (Å²) >= 11 is 0. The van der Waals surface area contributed by atoms with Gasteiger partial charge in [0.25, 0.3) is 0 Å². The molecular weight excluding hydrogens is 330 g/mol. The molecule has 1 heterocycles. The second-order valence-corrected chi connectivity index (χ2v) is 6.96. The van der Waals surface area contributed by atoms with Crippen LogP contribution in [0.15, 0.2) is 48.5 Å². The lowest BCUT2D eigenvalue weighted by Crippen LogP contribution is -2.25. The lowest BCUT2D eigenvalue weighted by molar-refractivity contribution is -0.117. The SMILES string of the molecule is CC(C)c1ccc(N2CC(COc3ccc(C(=O)O)cc3)CC2=O)cc1. The van der Waals surface area contributed by atoms with Crippen LogP contribution in [0.25, 0.3) is 0 Å². The standard InChI is InChI=1S/C21H23NO4/c1-14(2)16-3-7-18(8-4-16)22-12-15(11-20(22)23)13-26-19-9-5-17(6-10-19)21(24)25/h3-10,14-15H,11-13H2,1-2H3,(H,24,25). The molecule has 5 heteroatoms. The molecule has 0 spiro atoms. The second kappa shape index (κ2) is 7.60. The maximum atomic E-state index is 12.3. The van der Waals surface area contributed by atoms with Crippen LogP contribution in [-0.4, -0.2) is 30.1 Å². The maximum absolute atomic E-state index is 12.3. The fourth-order valence-electron chi connectivity index (χ4n) is 3.09. The molecule has 0 saturated carbocycles. The van der Waals surface area contributed by atoms with Gasteiger partial charge in [-0.2, -0.15) is 0 Å². The lowest BCUT2D eigenvalue weighted by atomic mass is 10.0. The van der Waals surface area contributed by atoms with Gasteiger partial charge in [0.1, 0.15) is 5.75 Å². The average Bonchev–Trinajstić information content (AvgIpc) is 3.01. The first-order valence-electron chi connectivity index (χ1n) is 8.80. The number of hydrogen-bond acceptors (Lipinski definition) is 3. The lowest BCUT2D eigenvalue weighted by Gasteiger charge is -2.18. The van der Waals surface area contributed by atoms with Gasteiger partial charge in [-0.1, -0.05) is 26.0 Å². The first-order valence-corrected chi connectivity index (χ1v) is 8.80. The largest absolute Gasteiger partial charge is 0.493 e. The molecule has 2 aromatic carbocycles. The summed E-state index contributed by atoms with van der Waals surface area (Å²) in [5.74, 6) is 0.342. The van der Waals surface area contributed by atoms with E-state index in [2.05, 4.69) is 26.0 Å². The number of carbonyl (C=O) groups is 2. The van der Waals surface area contributed by atoms with Crippen LogP contribution < -0.4 is 9.64 Å². The quantitative estimate of drug-likeness (QED) is 0.854. The van der Waals surface area contributed by atoms with Crippen molar-refractivity contribution in [2.24, 2.45) is 5.92 Å². The molecule has 0 bridgehead atoms. The van der Waals surface area contributed by atoms with Gasteiger partial charge in [0.15, 0.2) is 0 Å². The van der Waals surface area contributed by atoms with Crippen molar-refractivity contribution in [1.82, 2.24) is 0 Å². The normalized spacial score (nSPS) is 17.0. The number of carboxylic acid groups (broad SMARTS) is 1. The van der Waals surface area contributed by atoms with Crippen molar-refractivity contribution in [2.75, 3.05) is 18.1 Å². The zero-order valence-electron chi connectivity index (χ0n) is 15.0. The predicted molar refractivity (Wildman–Crippen MR) is 99.9 cm³/mol. The highest BCUT2D eigenvalue weighted by molar-refractivity contribution is 5.95. The fourth-order valence-corrected chi connectivity index (χ4v) is 3.09. The molecule has 1 aliphatic heterocycles. The molecule has 2 aromatic rings. The van der Waals surface area contributed by atoms with E-state index in [0.29, 0.717) is 31.2 Å². The van der Waals surface area contributed by atoms with E-state index in [-0.39, 0.29) is 17.4 Å². The number of carboxylic acids is 1. The fraction of sp³-hybridized carbons (Fsp3) is 0.333. The first kappa shape index (κ1) is 18.0. The van der Waals surface area contributed by atoms with Crippen molar-refractivity contribution < 1.29 is 19.4 Å². The third-order valence-corrected chi connectivity index (χ3v) is 4.66. The van der Waals surface area contributed by atoms with Gasteiger partial charge < -0.3 is 14.7 Å². The van der Waals surface area contributed by atoms with E-state index < -0.39 is 5.97 Å². The number of hydrogen-bond donors (Lipinski definition) is 1. The van der Waals surface area contributed by atoms with Crippen LogP contribution in [0.1, 0.15) is 42.1 Å². The Morgan fingerprint density at radius 3 is 2.38 bits per heavy atom. The number of rotatable bonds is 6. The van der Waals surface area contributed by atoms with E-state index in [1.165, 1.54) is 17.7 Å². The Hall–Kier alpha value is -2.82. The number of aromatic carboxylic acids is 1. The van der Waals surface area contributed by atoms with Crippen molar-refractivity contribution >= 4 is 17.6 Å². The van der Waals surface area contributed by atoms with Crippen molar-refractivity contribution in [1.29, 1.82) is 0 Å². The Bertz CT molecular complexity index is 781. The molecule has 1 unspecified atom stereocenters. The summed E-state index contributed by atoms with van der Waals surface area (Å²) < 4.78 is 5.74. The van der Waals surface area contributed by atoms with E-state index in [4.69, 9.17) is 9.84 Å². The highest BCUT2D eigenvalue weighted by atomic mass is 16.5. The van der Waals surface area contributed by atoms with Crippen LogP contribution in [0.3, 0.4) is 0 Å². The second-order valence-electron chi connectivity index (χ2n) is 6.96. The molecule has 0 radical (unpaired) electrons. The van der Waals surface area contributed by atoms with Gasteiger partial charge in [0.05, 0.1) is 12.2 Å². The molecule has 0 aromatic heterocycles. The van der Waals surface area contributed by atoms with Crippen LogP contribution in [0.4, 0.5) is 5.69 Å². The molecule has 1 N–H and O–H groups in total. The molecule has 1 fully saturated rings. The zero-order chi connectivity index (χ0) is 18.7. The molecule has 1 saturated heterocycles. The van der Waals surface area contributed by atoms with Crippen LogP contribution in [-0.2, 0) is 4.79 Å². The molecule has 0 aliphatic carbocycles. The van der Waals surface area contributed by atoms with Gasteiger partial charge >= 0.3 is 5.97 Å². The highest BCUT2D eigenvalue weighted by Crippen LogP contribution is 2.27. The average molecular weight is 353 g/mol. The Kier molecular flexibility index (Phi) is 5.26. The van der Waals surface area contributed by atoms with Crippen LogP contribution in [0.2, 0.25) is 0 Å². The summed E-state index contributed by atoms with van der Waals surface area (Å²) in [6.07, 6.45) is 0.457. The summed E-state index contributed by atoms with van der Waals surface area (Å²) in [5.41, 5.74) is 2.40. The summed E-state index contributed by atoms with van der Waals surface area (Å²) in [6.45, 7) is 5.35. The molecule has 3 rings (SSSR count). The van der Waals surface area contributed by atoms with Crippen molar-refractivity contribution in [2.45, 2.75) is 26.2 Å². The number of nitrogens with zero attached hydrogens (tertiary/aromatic N) is 1. The van der Waals surface area contributed by atoms with E-state index in [1.807, 2.05) is 17.0 Å². The Labute approximate surface area is 153 Å². The first-order chi connectivity index (χ1) is 12.4. The van der Waals surface area contributed by atoms with Crippen LogP contribution in [0, 0.1) is 5.92 Å². The van der Waals surface area contributed by atoms with Crippen molar-refractivity contribution in [3.8, 4) is 5.75 Å². The molecule has 1 atom stereocenters. The van der Waals surface area contributed by atoms with Gasteiger partial charge in [0, 0.05) is 24.6 Å². The topological polar surface area (TPSA) is 66.8 Å². The molecule has 1 amide bonds. The number of carbonyl (C=O) groups excluding carboxylic acids is 1. The summed E-state index contributed by atoms with van der Waals surface area (Å²) in [7, 11) is 0. The Balaban J connectivity index is 1.58. The van der Waals surface area contributed by atoms with E-state index >= 15 is 0 Å². The minimum Gasteiger partial charge on any atom is -0.493 e. The summed E-state index contributed by atoms with van der Waals surface area (Å²) in [6, 6.07) is 14.5. The molecule has 1 aliphatic rings. The van der Waals surface area contributed by atoms with E-state index in [9.17, 15) is 9.59 Å². The monoisotopic (exact) mass is 353 g/mol. The number of benzene rings is 2. The minimum atomic E-state index is -0.961. The van der Waals surface area contributed by atoms with Crippen molar-refractivity contribution in [3.05, 3.63) is 59.7 Å². The third-order valence-electron chi connectivity index (χ3n) is 4.66. The zero-order valence-corrected chi connectivity index (χ0v) is 15.0. The molecular formula is C21H23NO4. The Morgan fingerprint density at radius 1 is 1.15 bits per heavy atom. The van der Waals surface area contributed by atoms with Crippen LogP contribution >= 0.6 is 0 Å². The van der Waals surface area contributed by atoms with Gasteiger partial charge in [-0.25, -0.2) is 4.79 Å². The summed E-state index contributed by atoms with van der Waals surface area (Å²) in [5, 5.41) is 8.91. The number of ether oxygens (including phenoxy) is 1. The smallest absolute Gasteiger partial charge is 0.335 e. The predicted octanol–water partition coefficient (Wildman–Crippen LogP) is 3.94. The van der Waals surface area contributed by atoms with Gasteiger partial charge in [0.2, 0.25) is 5.91 Å². The molecule has 26 heavy (non-hydrogen) atoms. The number of amides is 1. The van der Waals surface area contributed by atoms with Crippen LogP contribution in [0.5, 0.6) is 5.75 Å². The summed E-state index contributed by atoms with van der Waals surface area (Å²) in [4.78, 5) is 25.0. The van der Waals surface area contributed by atoms with Gasteiger partial charge in [-0.3, -0.25) is 4.79 Å². The third kappa shape index (κ3) is 4.04. The van der Waals surface area contributed by atoms with Crippen molar-refractivity contribution in [3.63, 3.8) is 0 Å². The molecule has 5 nitrogen and oxygen atoms in total. The van der Waals surface area contributed by atoms with Gasteiger partial charge in [-0.15, -0.1) is 0 Å². The highest BCUT2D eigenvalue weighted by Gasteiger charge is 2.31. The van der Waals surface area contributed by atoms with E-state index in [1.54, 1.807) is 12.1 Å².